The summed E-state index contributed by atoms with van der Waals surface area (Å²) in [6.45, 7) is 3.94. The Kier molecular flexibility index (Phi) is 5.34. The Labute approximate surface area is 168 Å². The molecule has 0 aliphatic heterocycles. The average molecular weight is 392 g/mol. The van der Waals surface area contributed by atoms with Gasteiger partial charge in [-0.25, -0.2) is 4.79 Å². The lowest BCUT2D eigenvalue weighted by Gasteiger charge is -2.19. The Bertz CT molecular complexity index is 1110. The highest BCUT2D eigenvalue weighted by Gasteiger charge is 2.21. The number of aromatic nitrogens is 1. The van der Waals surface area contributed by atoms with E-state index < -0.39 is 6.10 Å². The van der Waals surface area contributed by atoms with Crippen molar-refractivity contribution in [2.45, 2.75) is 52.2 Å². The number of hydrogen-bond donors (Lipinski definition) is 1. The molecule has 29 heavy (non-hydrogen) atoms. The van der Waals surface area contributed by atoms with Gasteiger partial charge in [-0.05, 0) is 68.9 Å². The number of nitrogens with one attached hydrogen (secondary N) is 1. The maximum atomic E-state index is 12.4. The van der Waals surface area contributed by atoms with Crippen molar-refractivity contribution in [2.75, 3.05) is 0 Å². The molecule has 2 heterocycles. The lowest BCUT2D eigenvalue weighted by Crippen LogP contribution is -2.36. The molecule has 3 aromatic rings. The SMILES string of the molecule is Cc1c(O[C@@H](C)C(=O)NCc2cccnc2)ccc2c3c(c(=O)oc12)CCCC3. The van der Waals surface area contributed by atoms with Crippen molar-refractivity contribution < 1.29 is 13.9 Å². The predicted molar refractivity (Wildman–Crippen MR) is 110 cm³/mol. The Hall–Kier alpha value is -3.15. The number of carbonyl (C=O) groups is 1. The van der Waals surface area contributed by atoms with Gasteiger partial charge in [0.1, 0.15) is 11.3 Å². The fourth-order valence-electron chi connectivity index (χ4n) is 3.83. The molecule has 2 aromatic heterocycles. The molecule has 0 fully saturated rings. The van der Waals surface area contributed by atoms with Gasteiger partial charge in [-0.1, -0.05) is 6.07 Å². The van der Waals surface area contributed by atoms with E-state index in [0.29, 0.717) is 17.9 Å². The number of pyridine rings is 1. The van der Waals surface area contributed by atoms with Gasteiger partial charge in [0.2, 0.25) is 0 Å². The lowest BCUT2D eigenvalue weighted by atomic mass is 9.90. The van der Waals surface area contributed by atoms with Crippen LogP contribution in [0.3, 0.4) is 0 Å². The lowest BCUT2D eigenvalue weighted by molar-refractivity contribution is -0.127. The second-order valence-corrected chi connectivity index (χ2v) is 7.46. The van der Waals surface area contributed by atoms with Crippen molar-refractivity contribution in [3.63, 3.8) is 0 Å². The second kappa shape index (κ2) is 8.07. The van der Waals surface area contributed by atoms with Crippen LogP contribution in [0.5, 0.6) is 5.75 Å². The fraction of sp³-hybridized carbons (Fsp3) is 0.348. The number of nitrogens with zero attached hydrogens (tertiary/aromatic N) is 1. The van der Waals surface area contributed by atoms with Gasteiger partial charge in [0.15, 0.2) is 6.10 Å². The van der Waals surface area contributed by atoms with Gasteiger partial charge in [0, 0.05) is 35.5 Å². The fourth-order valence-corrected chi connectivity index (χ4v) is 3.83. The molecule has 1 N–H and O–H groups in total. The van der Waals surface area contributed by atoms with Crippen LogP contribution in [0.2, 0.25) is 0 Å². The van der Waals surface area contributed by atoms with Crippen LogP contribution in [0.4, 0.5) is 0 Å². The first kappa shape index (κ1) is 19.2. The third-order valence-electron chi connectivity index (χ3n) is 5.45. The Morgan fingerprint density at radius 3 is 2.79 bits per heavy atom. The first-order valence-electron chi connectivity index (χ1n) is 9.96. The van der Waals surface area contributed by atoms with Crippen LogP contribution in [-0.2, 0) is 24.2 Å². The van der Waals surface area contributed by atoms with E-state index in [4.69, 9.17) is 9.15 Å². The molecule has 1 aliphatic carbocycles. The van der Waals surface area contributed by atoms with Gasteiger partial charge < -0.3 is 14.5 Å². The largest absolute Gasteiger partial charge is 0.480 e. The van der Waals surface area contributed by atoms with Crippen LogP contribution in [0.1, 0.15) is 42.0 Å². The van der Waals surface area contributed by atoms with Crippen LogP contribution in [0, 0.1) is 6.92 Å². The monoisotopic (exact) mass is 392 g/mol. The summed E-state index contributed by atoms with van der Waals surface area (Å²) in [6, 6.07) is 7.52. The number of carbonyl (C=O) groups excluding carboxylic acids is 1. The molecule has 0 bridgehead atoms. The molecule has 6 heteroatoms. The summed E-state index contributed by atoms with van der Waals surface area (Å²) in [7, 11) is 0. The number of hydrogen-bond acceptors (Lipinski definition) is 5. The molecule has 1 aliphatic rings. The summed E-state index contributed by atoms with van der Waals surface area (Å²) in [5, 5.41) is 3.82. The van der Waals surface area contributed by atoms with E-state index in [1.54, 1.807) is 19.3 Å². The van der Waals surface area contributed by atoms with E-state index in [0.717, 1.165) is 53.3 Å². The zero-order valence-corrected chi connectivity index (χ0v) is 16.7. The number of fused-ring (bicyclic) bond motifs is 3. The zero-order valence-electron chi connectivity index (χ0n) is 16.7. The molecular weight excluding hydrogens is 368 g/mol. The minimum absolute atomic E-state index is 0.222. The molecule has 0 spiro atoms. The minimum atomic E-state index is -0.688. The molecule has 150 valence electrons. The van der Waals surface area contributed by atoms with E-state index in [2.05, 4.69) is 10.3 Å². The molecule has 4 rings (SSSR count). The van der Waals surface area contributed by atoms with Crippen LogP contribution >= 0.6 is 0 Å². The molecule has 0 saturated heterocycles. The van der Waals surface area contributed by atoms with Crippen LogP contribution in [0.15, 0.2) is 45.9 Å². The van der Waals surface area contributed by atoms with Crippen LogP contribution in [0.25, 0.3) is 11.0 Å². The van der Waals surface area contributed by atoms with Gasteiger partial charge >= 0.3 is 5.63 Å². The van der Waals surface area contributed by atoms with Crippen LogP contribution < -0.4 is 15.7 Å². The van der Waals surface area contributed by atoms with Gasteiger partial charge in [-0.15, -0.1) is 0 Å². The summed E-state index contributed by atoms with van der Waals surface area (Å²) in [5.74, 6) is 0.320. The van der Waals surface area contributed by atoms with E-state index in [9.17, 15) is 9.59 Å². The number of ether oxygens (including phenoxy) is 1. The number of rotatable bonds is 5. The second-order valence-electron chi connectivity index (χ2n) is 7.46. The summed E-state index contributed by atoms with van der Waals surface area (Å²) < 4.78 is 11.5. The van der Waals surface area contributed by atoms with Crippen molar-refractivity contribution in [2.24, 2.45) is 0 Å². The third-order valence-corrected chi connectivity index (χ3v) is 5.45. The highest BCUT2D eigenvalue weighted by molar-refractivity contribution is 5.86. The maximum Gasteiger partial charge on any atom is 0.339 e. The van der Waals surface area contributed by atoms with Crippen molar-refractivity contribution in [1.29, 1.82) is 0 Å². The zero-order chi connectivity index (χ0) is 20.4. The highest BCUT2D eigenvalue weighted by Crippen LogP contribution is 2.32. The molecule has 6 nitrogen and oxygen atoms in total. The Morgan fingerprint density at radius 1 is 1.24 bits per heavy atom. The van der Waals surface area contributed by atoms with E-state index in [1.807, 2.05) is 31.2 Å². The molecule has 0 saturated carbocycles. The van der Waals surface area contributed by atoms with E-state index in [1.165, 1.54) is 0 Å². The first-order chi connectivity index (χ1) is 14.0. The quantitative estimate of drug-likeness (QED) is 0.673. The van der Waals surface area contributed by atoms with Crippen LogP contribution in [-0.4, -0.2) is 17.0 Å². The van der Waals surface area contributed by atoms with Gasteiger partial charge in [0.25, 0.3) is 5.91 Å². The van der Waals surface area contributed by atoms with Crippen molar-refractivity contribution >= 4 is 16.9 Å². The number of benzene rings is 1. The topological polar surface area (TPSA) is 81.4 Å². The summed E-state index contributed by atoms with van der Waals surface area (Å²) in [5.41, 5.74) is 3.85. The summed E-state index contributed by atoms with van der Waals surface area (Å²) in [4.78, 5) is 28.9. The van der Waals surface area contributed by atoms with Gasteiger partial charge in [0.05, 0.1) is 0 Å². The number of amides is 1. The Balaban J connectivity index is 1.54. The highest BCUT2D eigenvalue weighted by atomic mass is 16.5. The van der Waals surface area contributed by atoms with Crippen molar-refractivity contribution in [3.8, 4) is 5.75 Å². The summed E-state index contributed by atoms with van der Waals surface area (Å²) >= 11 is 0. The molecule has 1 amide bonds. The van der Waals surface area contributed by atoms with Gasteiger partial charge in [-0.3, -0.25) is 9.78 Å². The maximum absolute atomic E-state index is 12.4. The summed E-state index contributed by atoms with van der Waals surface area (Å²) in [6.07, 6.45) is 6.49. The molecular formula is C23H24N2O4. The molecule has 1 atom stereocenters. The predicted octanol–water partition coefficient (Wildman–Crippen LogP) is 3.46. The Morgan fingerprint density at radius 2 is 2.03 bits per heavy atom. The number of aryl methyl sites for hydroxylation is 2. The van der Waals surface area contributed by atoms with E-state index in [-0.39, 0.29) is 11.5 Å². The van der Waals surface area contributed by atoms with Gasteiger partial charge in [-0.2, -0.15) is 0 Å². The first-order valence-corrected chi connectivity index (χ1v) is 9.96. The normalized spacial score (nSPS) is 14.3. The standard InChI is InChI=1S/C23H24N2O4/c1-14-20(28-15(2)22(26)25-13-16-6-5-11-24-12-16)10-9-18-17-7-3-4-8-19(17)23(27)29-21(14)18/h5-6,9-12,15H,3-4,7-8,13H2,1-2H3,(H,25,26)/t15-/m0/s1. The minimum Gasteiger partial charge on any atom is -0.480 e. The average Bonchev–Trinajstić information content (AvgIpc) is 2.75. The third kappa shape index (κ3) is 3.88. The smallest absolute Gasteiger partial charge is 0.339 e. The molecule has 0 radical (unpaired) electrons. The molecule has 0 unspecified atom stereocenters. The van der Waals surface area contributed by atoms with Crippen molar-refractivity contribution in [3.05, 3.63) is 69.3 Å². The van der Waals surface area contributed by atoms with Crippen molar-refractivity contribution in [1.82, 2.24) is 10.3 Å². The molecule has 1 aromatic carbocycles. The van der Waals surface area contributed by atoms with E-state index >= 15 is 0 Å².